The molecule has 1 N–H and O–H groups in total. The van der Waals surface area contributed by atoms with Crippen LogP contribution in [0.3, 0.4) is 0 Å². The number of thioether (sulfide) groups is 1. The molecule has 0 bridgehead atoms. The summed E-state index contributed by atoms with van der Waals surface area (Å²) in [5.74, 6) is 2.18. The van der Waals surface area contributed by atoms with Crippen LogP contribution in [0, 0.1) is 11.7 Å². The number of aliphatic hydroxyl groups is 1. The lowest BCUT2D eigenvalue weighted by atomic mass is 10.1. The van der Waals surface area contributed by atoms with Gasteiger partial charge in [-0.1, -0.05) is 26.0 Å². The second-order valence-corrected chi connectivity index (χ2v) is 5.49. The first-order chi connectivity index (χ1) is 7.58. The second kappa shape index (κ2) is 6.92. The van der Waals surface area contributed by atoms with E-state index in [0.717, 1.165) is 11.3 Å². The molecular formula is C13H19FOS. The summed E-state index contributed by atoms with van der Waals surface area (Å²) in [5.41, 5.74) is 0.859. The van der Waals surface area contributed by atoms with Gasteiger partial charge in [0.1, 0.15) is 5.82 Å². The summed E-state index contributed by atoms with van der Waals surface area (Å²) in [6.45, 7) is 4.32. The Hall–Kier alpha value is -0.540. The lowest BCUT2D eigenvalue weighted by Gasteiger charge is -2.11. The fourth-order valence-electron chi connectivity index (χ4n) is 1.43. The molecule has 1 nitrogen and oxygen atoms in total. The summed E-state index contributed by atoms with van der Waals surface area (Å²) < 4.78 is 12.9. The average Bonchev–Trinajstić information content (AvgIpc) is 2.16. The van der Waals surface area contributed by atoms with Gasteiger partial charge in [-0.3, -0.25) is 0 Å². The zero-order chi connectivity index (χ0) is 12.0. The molecule has 0 heterocycles. The summed E-state index contributed by atoms with van der Waals surface area (Å²) in [6, 6.07) is 6.43. The number of aliphatic hydroxyl groups excluding tert-OH is 1. The van der Waals surface area contributed by atoms with Crippen LogP contribution in [-0.2, 0) is 6.42 Å². The van der Waals surface area contributed by atoms with Crippen LogP contribution >= 0.6 is 11.8 Å². The first-order valence-corrected chi connectivity index (χ1v) is 6.73. The van der Waals surface area contributed by atoms with E-state index in [0.29, 0.717) is 18.1 Å². The molecule has 1 atom stereocenters. The van der Waals surface area contributed by atoms with Crippen LogP contribution in [-0.4, -0.2) is 22.7 Å². The van der Waals surface area contributed by atoms with Crippen LogP contribution in [0.5, 0.6) is 0 Å². The summed E-state index contributed by atoms with van der Waals surface area (Å²) in [5, 5.41) is 9.76. The maximum atomic E-state index is 12.9. The average molecular weight is 242 g/mol. The van der Waals surface area contributed by atoms with Crippen molar-refractivity contribution in [3.63, 3.8) is 0 Å². The van der Waals surface area contributed by atoms with Crippen LogP contribution in [0.4, 0.5) is 4.39 Å². The van der Waals surface area contributed by atoms with Crippen molar-refractivity contribution < 1.29 is 9.50 Å². The highest BCUT2D eigenvalue weighted by atomic mass is 32.2. The van der Waals surface area contributed by atoms with E-state index in [-0.39, 0.29) is 11.9 Å². The summed E-state index contributed by atoms with van der Waals surface area (Å²) in [4.78, 5) is 0. The van der Waals surface area contributed by atoms with Gasteiger partial charge in [-0.05, 0) is 35.8 Å². The van der Waals surface area contributed by atoms with Crippen LogP contribution < -0.4 is 0 Å². The highest BCUT2D eigenvalue weighted by Gasteiger charge is 2.07. The van der Waals surface area contributed by atoms with Crippen molar-refractivity contribution in [2.24, 2.45) is 5.92 Å². The Balaban J connectivity index is 2.31. The van der Waals surface area contributed by atoms with E-state index >= 15 is 0 Å². The number of rotatable bonds is 6. The second-order valence-electron chi connectivity index (χ2n) is 4.42. The smallest absolute Gasteiger partial charge is 0.123 e. The molecule has 1 aromatic rings. The lowest BCUT2D eigenvalue weighted by molar-refractivity contribution is 0.200. The van der Waals surface area contributed by atoms with E-state index in [9.17, 15) is 9.50 Å². The predicted octanol–water partition coefficient (Wildman–Crippen LogP) is 3.12. The van der Waals surface area contributed by atoms with Crippen LogP contribution in [0.1, 0.15) is 19.4 Å². The van der Waals surface area contributed by atoms with Gasteiger partial charge in [0.15, 0.2) is 0 Å². The van der Waals surface area contributed by atoms with E-state index in [1.807, 2.05) is 6.07 Å². The summed E-state index contributed by atoms with van der Waals surface area (Å²) >= 11 is 1.75. The van der Waals surface area contributed by atoms with Crippen LogP contribution in [0.2, 0.25) is 0 Å². The molecule has 0 aliphatic rings. The molecule has 1 aromatic carbocycles. The lowest BCUT2D eigenvalue weighted by Crippen LogP contribution is -2.14. The SMILES string of the molecule is CC(C)CSCC(O)Cc1cccc(F)c1. The van der Waals surface area contributed by atoms with Gasteiger partial charge in [0.25, 0.3) is 0 Å². The summed E-state index contributed by atoms with van der Waals surface area (Å²) in [7, 11) is 0. The highest BCUT2D eigenvalue weighted by molar-refractivity contribution is 7.99. The molecule has 0 fully saturated rings. The molecular weight excluding hydrogens is 223 g/mol. The Morgan fingerprint density at radius 3 is 2.69 bits per heavy atom. The Morgan fingerprint density at radius 2 is 2.06 bits per heavy atom. The third kappa shape index (κ3) is 5.52. The van der Waals surface area contributed by atoms with E-state index in [4.69, 9.17) is 0 Å². The molecule has 90 valence electrons. The van der Waals surface area contributed by atoms with Gasteiger partial charge in [-0.25, -0.2) is 4.39 Å². The Bertz CT molecular complexity index is 315. The molecule has 0 aromatic heterocycles. The zero-order valence-corrected chi connectivity index (χ0v) is 10.6. The Morgan fingerprint density at radius 1 is 1.31 bits per heavy atom. The van der Waals surface area contributed by atoms with Crippen molar-refractivity contribution in [1.29, 1.82) is 0 Å². The number of hydrogen-bond donors (Lipinski definition) is 1. The molecule has 0 aliphatic heterocycles. The maximum Gasteiger partial charge on any atom is 0.123 e. The molecule has 0 spiro atoms. The zero-order valence-electron chi connectivity index (χ0n) is 9.82. The van der Waals surface area contributed by atoms with Crippen LogP contribution in [0.25, 0.3) is 0 Å². The highest BCUT2D eigenvalue weighted by Crippen LogP contribution is 2.12. The monoisotopic (exact) mass is 242 g/mol. The molecule has 0 saturated heterocycles. The minimum Gasteiger partial charge on any atom is -0.392 e. The van der Waals surface area contributed by atoms with E-state index < -0.39 is 0 Å². The predicted molar refractivity (Wildman–Crippen MR) is 68.3 cm³/mol. The third-order valence-corrected chi connectivity index (χ3v) is 3.64. The van der Waals surface area contributed by atoms with Gasteiger partial charge in [0.05, 0.1) is 6.10 Å². The van der Waals surface area contributed by atoms with Gasteiger partial charge in [-0.15, -0.1) is 0 Å². The minimum atomic E-state index is -0.384. The van der Waals surface area contributed by atoms with Crippen molar-refractivity contribution in [3.05, 3.63) is 35.6 Å². The van der Waals surface area contributed by atoms with Crippen molar-refractivity contribution in [1.82, 2.24) is 0 Å². The normalized spacial score (nSPS) is 13.1. The molecule has 0 radical (unpaired) electrons. The standard InChI is InChI=1S/C13H19FOS/c1-10(2)8-16-9-13(15)7-11-4-3-5-12(14)6-11/h3-6,10,13,15H,7-9H2,1-2H3. The molecule has 1 rings (SSSR count). The van der Waals surface area contributed by atoms with E-state index in [1.165, 1.54) is 12.1 Å². The molecule has 0 saturated carbocycles. The molecule has 0 amide bonds. The fraction of sp³-hybridized carbons (Fsp3) is 0.538. The topological polar surface area (TPSA) is 20.2 Å². The molecule has 1 unspecified atom stereocenters. The van der Waals surface area contributed by atoms with Gasteiger partial charge >= 0.3 is 0 Å². The Labute approximate surface area is 101 Å². The molecule has 3 heteroatoms. The number of hydrogen-bond acceptors (Lipinski definition) is 2. The minimum absolute atomic E-state index is 0.237. The first kappa shape index (κ1) is 13.5. The van der Waals surface area contributed by atoms with Crippen molar-refractivity contribution in [2.75, 3.05) is 11.5 Å². The molecule has 16 heavy (non-hydrogen) atoms. The third-order valence-electron chi connectivity index (χ3n) is 2.12. The molecule has 0 aliphatic carbocycles. The largest absolute Gasteiger partial charge is 0.392 e. The maximum absolute atomic E-state index is 12.9. The van der Waals surface area contributed by atoms with E-state index in [1.54, 1.807) is 17.8 Å². The fourth-order valence-corrected chi connectivity index (χ4v) is 2.43. The van der Waals surface area contributed by atoms with Gasteiger partial charge in [-0.2, -0.15) is 11.8 Å². The van der Waals surface area contributed by atoms with Crippen molar-refractivity contribution >= 4 is 11.8 Å². The van der Waals surface area contributed by atoms with E-state index in [2.05, 4.69) is 13.8 Å². The quantitative estimate of drug-likeness (QED) is 0.827. The summed E-state index contributed by atoms with van der Waals surface area (Å²) in [6.07, 6.45) is 0.147. The van der Waals surface area contributed by atoms with Crippen molar-refractivity contribution in [2.45, 2.75) is 26.4 Å². The van der Waals surface area contributed by atoms with Gasteiger partial charge < -0.3 is 5.11 Å². The van der Waals surface area contributed by atoms with Crippen molar-refractivity contribution in [3.8, 4) is 0 Å². The number of halogens is 1. The number of benzene rings is 1. The van der Waals surface area contributed by atoms with Gasteiger partial charge in [0, 0.05) is 5.75 Å². The Kier molecular flexibility index (Phi) is 5.85. The first-order valence-electron chi connectivity index (χ1n) is 5.58. The van der Waals surface area contributed by atoms with Gasteiger partial charge in [0.2, 0.25) is 0 Å². The van der Waals surface area contributed by atoms with Crippen LogP contribution in [0.15, 0.2) is 24.3 Å².